The smallest absolute Gasteiger partial charge is 0.338 e. The Balaban J connectivity index is 1.81. The van der Waals surface area contributed by atoms with E-state index in [4.69, 9.17) is 9.73 Å². The third kappa shape index (κ3) is 4.95. The summed E-state index contributed by atoms with van der Waals surface area (Å²) in [5.74, 6) is -0.865. The highest BCUT2D eigenvalue weighted by Crippen LogP contribution is 2.35. The van der Waals surface area contributed by atoms with Crippen LogP contribution in [0.3, 0.4) is 0 Å². The van der Waals surface area contributed by atoms with Crippen LogP contribution in [-0.4, -0.2) is 23.4 Å². The topological polar surface area (TPSA) is 60.7 Å². The molecule has 37 heavy (non-hydrogen) atoms. The largest absolute Gasteiger partial charge is 0.463 e. The van der Waals surface area contributed by atoms with Gasteiger partial charge in [-0.25, -0.2) is 14.2 Å². The third-order valence-electron chi connectivity index (χ3n) is 5.97. The van der Waals surface area contributed by atoms with Gasteiger partial charge < -0.3 is 4.74 Å². The van der Waals surface area contributed by atoms with E-state index in [-0.39, 0.29) is 18.0 Å². The maximum absolute atomic E-state index is 13.8. The Labute approximate surface area is 221 Å². The number of halogens is 1. The van der Waals surface area contributed by atoms with E-state index in [9.17, 15) is 14.0 Å². The minimum Gasteiger partial charge on any atom is -0.463 e. The molecule has 2 heterocycles. The molecule has 0 saturated carbocycles. The van der Waals surface area contributed by atoms with E-state index >= 15 is 0 Å². The summed E-state index contributed by atoms with van der Waals surface area (Å²) >= 11 is 2.85. The van der Waals surface area contributed by atoms with Gasteiger partial charge in [-0.3, -0.25) is 9.36 Å². The van der Waals surface area contributed by atoms with Crippen molar-refractivity contribution >= 4 is 40.8 Å². The average molecular weight is 531 g/mol. The molecule has 1 aromatic heterocycles. The summed E-state index contributed by atoms with van der Waals surface area (Å²) < 4.78 is 20.9. The Hall–Kier alpha value is -3.75. The Morgan fingerprint density at radius 2 is 1.78 bits per heavy atom. The number of thioether (sulfide) groups is 1. The van der Waals surface area contributed by atoms with Crippen LogP contribution in [0, 0.1) is 5.82 Å². The first-order chi connectivity index (χ1) is 18.0. The lowest BCUT2D eigenvalue weighted by Gasteiger charge is -2.26. The van der Waals surface area contributed by atoms with E-state index in [2.05, 4.69) is 0 Å². The van der Waals surface area contributed by atoms with E-state index in [1.807, 2.05) is 60.9 Å². The number of fused-ring (bicyclic) bond motifs is 1. The first kappa shape index (κ1) is 24.9. The predicted octanol–water partition coefficient (Wildman–Crippen LogP) is 4.80. The second-order valence-electron chi connectivity index (χ2n) is 8.26. The second-order valence-corrected chi connectivity index (χ2v) is 10.1. The minimum atomic E-state index is -0.725. The zero-order valence-electron chi connectivity index (χ0n) is 20.2. The normalized spacial score (nSPS) is 15.3. The van der Waals surface area contributed by atoms with Crippen LogP contribution in [0.5, 0.6) is 0 Å². The van der Waals surface area contributed by atoms with Crippen molar-refractivity contribution in [2.75, 3.05) is 12.9 Å². The molecule has 0 amide bonds. The van der Waals surface area contributed by atoms with Crippen LogP contribution in [0.2, 0.25) is 0 Å². The van der Waals surface area contributed by atoms with Crippen molar-refractivity contribution in [2.45, 2.75) is 17.9 Å². The molecule has 0 saturated heterocycles. The minimum absolute atomic E-state index is 0.192. The zero-order chi connectivity index (χ0) is 25.9. The van der Waals surface area contributed by atoms with Gasteiger partial charge >= 0.3 is 5.97 Å². The van der Waals surface area contributed by atoms with Crippen molar-refractivity contribution < 1.29 is 13.9 Å². The molecule has 5 nitrogen and oxygen atoms in total. The highest BCUT2D eigenvalue weighted by molar-refractivity contribution is 7.98. The van der Waals surface area contributed by atoms with Crippen molar-refractivity contribution in [3.05, 3.63) is 127 Å². The van der Waals surface area contributed by atoms with Gasteiger partial charge in [0.2, 0.25) is 0 Å². The van der Waals surface area contributed by atoms with Crippen molar-refractivity contribution in [3.8, 4) is 0 Å². The van der Waals surface area contributed by atoms with Gasteiger partial charge in [0.15, 0.2) is 4.80 Å². The summed E-state index contributed by atoms with van der Waals surface area (Å²) in [5, 5.41) is 0. The van der Waals surface area contributed by atoms with E-state index in [0.717, 1.165) is 16.0 Å². The molecule has 8 heteroatoms. The quantitative estimate of drug-likeness (QED) is 0.266. The highest BCUT2D eigenvalue weighted by atomic mass is 32.2. The molecule has 0 spiro atoms. The fourth-order valence-electron chi connectivity index (χ4n) is 4.25. The fourth-order valence-corrected chi connectivity index (χ4v) is 5.66. The van der Waals surface area contributed by atoms with Gasteiger partial charge in [0, 0.05) is 10.5 Å². The SMILES string of the molecule is CCOC(=O)C1=C(c2ccccc2)N=c2s/c(=C\c3ccc(F)cc3)c(=O)n2[C@@H]1c1ccc(SC)cc1. The van der Waals surface area contributed by atoms with Crippen LogP contribution >= 0.6 is 23.1 Å². The highest BCUT2D eigenvalue weighted by Gasteiger charge is 2.35. The molecule has 1 atom stereocenters. The number of esters is 1. The van der Waals surface area contributed by atoms with Crippen LogP contribution in [0.15, 0.2) is 99.1 Å². The van der Waals surface area contributed by atoms with Gasteiger partial charge in [0.1, 0.15) is 5.82 Å². The van der Waals surface area contributed by atoms with Gasteiger partial charge in [-0.05, 0) is 54.6 Å². The van der Waals surface area contributed by atoms with E-state index in [1.165, 1.54) is 23.5 Å². The molecule has 0 unspecified atom stereocenters. The first-order valence-corrected chi connectivity index (χ1v) is 13.7. The molecule has 0 radical (unpaired) electrons. The number of hydrogen-bond donors (Lipinski definition) is 0. The summed E-state index contributed by atoms with van der Waals surface area (Å²) in [6.07, 6.45) is 3.71. The van der Waals surface area contributed by atoms with E-state index in [0.29, 0.717) is 26.2 Å². The summed E-state index contributed by atoms with van der Waals surface area (Å²) in [5.41, 5.74) is 2.74. The monoisotopic (exact) mass is 530 g/mol. The van der Waals surface area contributed by atoms with E-state index < -0.39 is 12.0 Å². The number of ether oxygens (including phenoxy) is 1. The average Bonchev–Trinajstić information content (AvgIpc) is 3.24. The van der Waals surface area contributed by atoms with Gasteiger partial charge in [-0.15, -0.1) is 11.8 Å². The van der Waals surface area contributed by atoms with Crippen LogP contribution in [-0.2, 0) is 9.53 Å². The maximum atomic E-state index is 13.8. The summed E-state index contributed by atoms with van der Waals surface area (Å²) in [6, 6.07) is 22.5. The van der Waals surface area contributed by atoms with Crippen LogP contribution in [0.4, 0.5) is 4.39 Å². The summed E-state index contributed by atoms with van der Waals surface area (Å²) in [6.45, 7) is 1.94. The molecule has 186 valence electrons. The molecule has 0 N–H and O–H groups in total. The number of thiazole rings is 1. The molecule has 3 aromatic carbocycles. The van der Waals surface area contributed by atoms with Crippen LogP contribution in [0.1, 0.15) is 29.7 Å². The fraction of sp³-hybridized carbons (Fsp3) is 0.138. The molecule has 0 aliphatic carbocycles. The van der Waals surface area contributed by atoms with Crippen LogP contribution < -0.4 is 14.9 Å². The molecule has 1 aliphatic heterocycles. The number of carbonyl (C=O) groups excluding carboxylic acids is 1. The number of rotatable bonds is 6. The number of carbonyl (C=O) groups is 1. The maximum Gasteiger partial charge on any atom is 0.338 e. The number of hydrogen-bond acceptors (Lipinski definition) is 6. The molecule has 0 bridgehead atoms. The number of aromatic nitrogens is 1. The molecular weight excluding hydrogens is 507 g/mol. The lowest BCUT2D eigenvalue weighted by Crippen LogP contribution is -2.40. The first-order valence-electron chi connectivity index (χ1n) is 11.7. The Morgan fingerprint density at radius 3 is 2.43 bits per heavy atom. The second kappa shape index (κ2) is 10.7. The number of nitrogens with zero attached hydrogens (tertiary/aromatic N) is 2. The van der Waals surface area contributed by atoms with Gasteiger partial charge in [-0.2, -0.15) is 0 Å². The van der Waals surface area contributed by atoms with Gasteiger partial charge in [-0.1, -0.05) is 65.9 Å². The van der Waals surface area contributed by atoms with Crippen LogP contribution in [0.25, 0.3) is 11.8 Å². The molecule has 4 aromatic rings. The zero-order valence-corrected chi connectivity index (χ0v) is 21.8. The summed E-state index contributed by atoms with van der Waals surface area (Å²) in [7, 11) is 0. The Kier molecular flexibility index (Phi) is 7.21. The number of benzene rings is 3. The lowest BCUT2D eigenvalue weighted by atomic mass is 9.93. The van der Waals surface area contributed by atoms with Gasteiger partial charge in [0.05, 0.1) is 28.5 Å². The lowest BCUT2D eigenvalue weighted by molar-refractivity contribution is -0.138. The van der Waals surface area contributed by atoms with Crippen molar-refractivity contribution in [1.29, 1.82) is 0 Å². The Morgan fingerprint density at radius 1 is 1.08 bits per heavy atom. The standard InChI is InChI=1S/C29H23FN2O3S2/c1-3-35-28(34)24-25(19-7-5-4-6-8-19)31-29-32(26(24)20-11-15-22(36-2)16-12-20)27(33)23(37-29)17-18-9-13-21(30)14-10-18/h4-17,26H,3H2,1-2H3/b23-17-/t26-/m1/s1. The van der Waals surface area contributed by atoms with Crippen molar-refractivity contribution in [2.24, 2.45) is 4.99 Å². The molecule has 0 fully saturated rings. The van der Waals surface area contributed by atoms with Gasteiger partial charge in [0.25, 0.3) is 5.56 Å². The summed E-state index contributed by atoms with van der Waals surface area (Å²) in [4.78, 5) is 33.6. The molecular formula is C29H23FN2O3S2. The predicted molar refractivity (Wildman–Crippen MR) is 146 cm³/mol. The Bertz CT molecular complexity index is 1660. The molecule has 5 rings (SSSR count). The van der Waals surface area contributed by atoms with Crippen molar-refractivity contribution in [1.82, 2.24) is 4.57 Å². The van der Waals surface area contributed by atoms with Crippen molar-refractivity contribution in [3.63, 3.8) is 0 Å². The molecule has 1 aliphatic rings. The third-order valence-corrected chi connectivity index (χ3v) is 7.70. The van der Waals surface area contributed by atoms with E-state index in [1.54, 1.807) is 41.5 Å².